The van der Waals surface area contributed by atoms with E-state index >= 15 is 0 Å². The number of halogens is 2. The molecule has 9 nitrogen and oxygen atoms in total. The van der Waals surface area contributed by atoms with Gasteiger partial charge in [-0.15, -0.1) is 0 Å². The number of urea groups is 2. The summed E-state index contributed by atoms with van der Waals surface area (Å²) in [6.45, 7) is 14.0. The van der Waals surface area contributed by atoms with Gasteiger partial charge < -0.3 is 20.3 Å². The van der Waals surface area contributed by atoms with E-state index in [0.717, 1.165) is 0 Å². The Balaban J connectivity index is 1.97. The summed E-state index contributed by atoms with van der Waals surface area (Å²) < 4.78 is 5.44. The van der Waals surface area contributed by atoms with Crippen molar-refractivity contribution in [3.63, 3.8) is 0 Å². The minimum absolute atomic E-state index is 0.0617. The van der Waals surface area contributed by atoms with Gasteiger partial charge in [0.15, 0.2) is 0 Å². The Morgan fingerprint density at radius 2 is 1.89 bits per heavy atom. The molecule has 0 aliphatic carbocycles. The fourth-order valence-electron chi connectivity index (χ4n) is 4.72. The molecule has 1 saturated heterocycles. The number of likely N-dealkylation sites (N-methyl/N-ethyl adjacent to an activating group) is 1. The van der Waals surface area contributed by atoms with Gasteiger partial charge in [0.1, 0.15) is 0 Å². The van der Waals surface area contributed by atoms with Gasteiger partial charge in [-0.2, -0.15) is 0 Å². The predicted octanol–water partition coefficient (Wildman–Crippen LogP) is 4.41. The van der Waals surface area contributed by atoms with Crippen molar-refractivity contribution in [2.75, 3.05) is 39.3 Å². The Kier molecular flexibility index (Phi) is 9.37. The van der Waals surface area contributed by atoms with Crippen LogP contribution in [-0.4, -0.2) is 83.6 Å². The van der Waals surface area contributed by atoms with Crippen LogP contribution >= 0.6 is 23.2 Å². The van der Waals surface area contributed by atoms with Crippen molar-refractivity contribution >= 4 is 41.2 Å². The maximum Gasteiger partial charge on any atom is 0.338 e. The van der Waals surface area contributed by atoms with Crippen molar-refractivity contribution in [2.45, 2.75) is 59.2 Å². The van der Waals surface area contributed by atoms with Crippen LogP contribution in [0.1, 0.15) is 53.1 Å². The van der Waals surface area contributed by atoms with E-state index in [-0.39, 0.29) is 35.3 Å². The maximum absolute atomic E-state index is 13.3. The molecule has 0 bridgehead atoms. The summed E-state index contributed by atoms with van der Waals surface area (Å²) in [6.07, 6.45) is 0. The van der Waals surface area contributed by atoms with Crippen LogP contribution in [0, 0.1) is 0 Å². The first-order valence-electron chi connectivity index (χ1n) is 12.6. The van der Waals surface area contributed by atoms with Crippen LogP contribution in [0.3, 0.4) is 0 Å². The van der Waals surface area contributed by atoms with Gasteiger partial charge in [-0.05, 0) is 53.2 Å². The van der Waals surface area contributed by atoms with E-state index in [1.165, 1.54) is 0 Å². The Morgan fingerprint density at radius 3 is 2.49 bits per heavy atom. The van der Waals surface area contributed by atoms with E-state index in [9.17, 15) is 14.4 Å². The summed E-state index contributed by atoms with van der Waals surface area (Å²) >= 11 is 12.8. The van der Waals surface area contributed by atoms with Gasteiger partial charge >= 0.3 is 18.0 Å². The van der Waals surface area contributed by atoms with Crippen LogP contribution in [0.15, 0.2) is 29.5 Å². The largest absolute Gasteiger partial charge is 0.463 e. The lowest BCUT2D eigenvalue weighted by Gasteiger charge is -2.43. The number of benzene rings is 1. The van der Waals surface area contributed by atoms with Gasteiger partial charge in [-0.1, -0.05) is 35.3 Å². The zero-order valence-corrected chi connectivity index (χ0v) is 23.9. The standard InChI is InChI=1S/C26H37Cl2N5O4/c1-7-32-19(15-31-12-13-33(16(3)14-31)25(36)30-26(4,5)6)20(23(34)37-8-2)22(29-24(32)35)17-10-9-11-18(27)21(17)28/h9-11,16,22H,7-8,12-15H2,1-6H3,(H,29,35)(H,30,36)/t16-,22-/m0/s1. The molecule has 0 spiro atoms. The molecule has 2 atom stereocenters. The fraction of sp³-hybridized carbons (Fsp3) is 0.577. The number of amides is 4. The first kappa shape index (κ1) is 29.1. The highest BCUT2D eigenvalue weighted by Gasteiger charge is 2.40. The smallest absolute Gasteiger partial charge is 0.338 e. The number of rotatable bonds is 6. The highest BCUT2D eigenvalue weighted by Crippen LogP contribution is 2.38. The minimum atomic E-state index is -0.813. The molecule has 2 aliphatic rings. The minimum Gasteiger partial charge on any atom is -0.463 e. The van der Waals surface area contributed by atoms with Crippen molar-refractivity contribution < 1.29 is 19.1 Å². The van der Waals surface area contributed by atoms with E-state index in [1.807, 2.05) is 39.5 Å². The number of carbonyl (C=O) groups excluding carboxylic acids is 3. The van der Waals surface area contributed by atoms with Crippen molar-refractivity contribution in [1.29, 1.82) is 0 Å². The summed E-state index contributed by atoms with van der Waals surface area (Å²) in [7, 11) is 0. The molecule has 2 aliphatic heterocycles. The quantitative estimate of drug-likeness (QED) is 0.509. The second-order valence-corrected chi connectivity index (χ2v) is 11.1. The zero-order chi connectivity index (χ0) is 27.5. The lowest BCUT2D eigenvalue weighted by Crippen LogP contribution is -2.59. The summed E-state index contributed by atoms with van der Waals surface area (Å²) in [5, 5.41) is 6.54. The molecule has 1 fully saturated rings. The first-order chi connectivity index (χ1) is 17.4. The monoisotopic (exact) mass is 553 g/mol. The van der Waals surface area contributed by atoms with E-state index < -0.39 is 12.0 Å². The summed E-state index contributed by atoms with van der Waals surface area (Å²) in [5.41, 5.74) is 1.08. The number of nitrogens with one attached hydrogen (secondary N) is 2. The van der Waals surface area contributed by atoms with Gasteiger partial charge in [-0.3, -0.25) is 9.80 Å². The first-order valence-corrected chi connectivity index (χ1v) is 13.4. The number of hydrogen-bond donors (Lipinski definition) is 2. The van der Waals surface area contributed by atoms with Crippen LogP contribution in [0.4, 0.5) is 9.59 Å². The summed E-state index contributed by atoms with van der Waals surface area (Å²) in [6, 6.07) is 3.82. The van der Waals surface area contributed by atoms with Crippen molar-refractivity contribution in [3.05, 3.63) is 45.1 Å². The third-order valence-corrected chi connectivity index (χ3v) is 7.20. The van der Waals surface area contributed by atoms with Crippen LogP contribution in [0.5, 0.6) is 0 Å². The highest BCUT2D eigenvalue weighted by molar-refractivity contribution is 6.42. The lowest BCUT2D eigenvalue weighted by atomic mass is 9.94. The average molecular weight is 555 g/mol. The molecule has 204 valence electrons. The molecule has 2 heterocycles. The lowest BCUT2D eigenvalue weighted by molar-refractivity contribution is -0.139. The Morgan fingerprint density at radius 1 is 1.19 bits per heavy atom. The van der Waals surface area contributed by atoms with E-state index in [4.69, 9.17) is 27.9 Å². The van der Waals surface area contributed by atoms with Crippen molar-refractivity contribution in [2.24, 2.45) is 0 Å². The molecule has 0 aromatic heterocycles. The van der Waals surface area contributed by atoms with Gasteiger partial charge in [0.25, 0.3) is 0 Å². The highest BCUT2D eigenvalue weighted by atomic mass is 35.5. The number of hydrogen-bond acceptors (Lipinski definition) is 5. The Labute approximate surface area is 229 Å². The molecular formula is C26H37Cl2N5O4. The van der Waals surface area contributed by atoms with Crippen LogP contribution in [-0.2, 0) is 9.53 Å². The SMILES string of the molecule is CCOC(=O)C1=C(CN2CCN(C(=O)NC(C)(C)C)[C@@H](C)C2)N(CC)C(=O)N[C@H]1c1cccc(Cl)c1Cl. The van der Waals surface area contributed by atoms with Gasteiger partial charge in [0.2, 0.25) is 0 Å². The molecule has 4 amide bonds. The topological polar surface area (TPSA) is 94.2 Å². The molecule has 11 heteroatoms. The number of carbonyl (C=O) groups is 3. The van der Waals surface area contributed by atoms with E-state index in [1.54, 1.807) is 30.0 Å². The number of esters is 1. The molecule has 0 unspecified atom stereocenters. The zero-order valence-electron chi connectivity index (χ0n) is 22.4. The maximum atomic E-state index is 13.3. The van der Waals surface area contributed by atoms with Crippen molar-refractivity contribution in [3.8, 4) is 0 Å². The Bertz CT molecular complexity index is 1070. The molecule has 0 radical (unpaired) electrons. The van der Waals surface area contributed by atoms with E-state index in [0.29, 0.717) is 54.6 Å². The molecule has 2 N–H and O–H groups in total. The van der Waals surface area contributed by atoms with Crippen LogP contribution in [0.25, 0.3) is 0 Å². The Hall–Kier alpha value is -2.49. The average Bonchev–Trinajstić information content (AvgIpc) is 2.79. The van der Waals surface area contributed by atoms with E-state index in [2.05, 4.69) is 15.5 Å². The molecule has 37 heavy (non-hydrogen) atoms. The summed E-state index contributed by atoms with van der Waals surface area (Å²) in [4.78, 5) is 44.8. The number of ether oxygens (including phenoxy) is 1. The molecule has 1 aromatic rings. The molecule has 1 aromatic carbocycles. The molecule has 0 saturated carbocycles. The molecular weight excluding hydrogens is 517 g/mol. The van der Waals surface area contributed by atoms with Gasteiger partial charge in [0, 0.05) is 50.0 Å². The summed E-state index contributed by atoms with van der Waals surface area (Å²) in [5.74, 6) is -0.520. The third kappa shape index (κ3) is 6.69. The fourth-order valence-corrected chi connectivity index (χ4v) is 5.13. The molecule has 3 rings (SSSR count). The third-order valence-electron chi connectivity index (χ3n) is 6.37. The van der Waals surface area contributed by atoms with Gasteiger partial charge in [0.05, 0.1) is 28.3 Å². The van der Waals surface area contributed by atoms with Crippen LogP contribution < -0.4 is 10.6 Å². The van der Waals surface area contributed by atoms with Crippen LogP contribution in [0.2, 0.25) is 10.0 Å². The normalized spacial score (nSPS) is 21.1. The van der Waals surface area contributed by atoms with Gasteiger partial charge in [-0.25, -0.2) is 14.4 Å². The number of nitrogens with zero attached hydrogens (tertiary/aromatic N) is 3. The van der Waals surface area contributed by atoms with Crippen molar-refractivity contribution in [1.82, 2.24) is 25.3 Å². The second kappa shape index (κ2) is 11.9. The predicted molar refractivity (Wildman–Crippen MR) is 145 cm³/mol. The number of piperazine rings is 1. The second-order valence-electron chi connectivity index (χ2n) is 10.3.